The molecule has 0 saturated heterocycles. The number of benzene rings is 1. The van der Waals surface area contributed by atoms with E-state index < -0.39 is 0 Å². The number of methoxy groups -OCH3 is 2. The lowest BCUT2D eigenvalue weighted by molar-refractivity contribution is -0.118. The minimum atomic E-state index is 0.0820. The Hall–Kier alpha value is -2.50. The fourth-order valence-corrected chi connectivity index (χ4v) is 2.98. The van der Waals surface area contributed by atoms with E-state index in [0.717, 1.165) is 29.8 Å². The van der Waals surface area contributed by atoms with E-state index in [1.165, 1.54) is 12.8 Å². The summed E-state index contributed by atoms with van der Waals surface area (Å²) in [7, 11) is 3.25. The zero-order valence-electron chi connectivity index (χ0n) is 15.7. The van der Waals surface area contributed by atoms with Crippen molar-refractivity contribution in [1.82, 2.24) is 10.2 Å². The molecule has 1 amide bonds. The molecule has 1 N–H and O–H groups in total. The number of nitrogens with one attached hydrogen (secondary N) is 1. The van der Waals surface area contributed by atoms with Gasteiger partial charge in [-0.2, -0.15) is 5.10 Å². The van der Waals surface area contributed by atoms with Gasteiger partial charge in [0.15, 0.2) is 5.82 Å². The van der Waals surface area contributed by atoms with E-state index >= 15 is 0 Å². The fourth-order valence-electron chi connectivity index (χ4n) is 2.98. The molecule has 0 unspecified atom stereocenters. The lowest BCUT2D eigenvalue weighted by Crippen LogP contribution is -2.30. The van der Waals surface area contributed by atoms with E-state index in [1.54, 1.807) is 19.1 Å². The second kappa shape index (κ2) is 8.25. The minimum absolute atomic E-state index is 0.0820. The molecule has 1 fully saturated rings. The standard InChI is InChI=1S/C20H27N3O3/c1-4-5-6-20(24)23(19-12-17(21-22-19)14-7-8-14)13-15-9-10-16(25-2)11-18(15)26-3/h9-12,14H,4-8,13H2,1-3H3,(H,21,22). The van der Waals surface area contributed by atoms with Gasteiger partial charge >= 0.3 is 0 Å². The van der Waals surface area contributed by atoms with Gasteiger partial charge in [-0.15, -0.1) is 0 Å². The van der Waals surface area contributed by atoms with Crippen molar-refractivity contribution >= 4 is 11.7 Å². The van der Waals surface area contributed by atoms with Gasteiger partial charge in [-0.1, -0.05) is 13.3 Å². The van der Waals surface area contributed by atoms with Gasteiger partial charge < -0.3 is 9.47 Å². The quantitative estimate of drug-likeness (QED) is 0.736. The molecule has 26 heavy (non-hydrogen) atoms. The minimum Gasteiger partial charge on any atom is -0.497 e. The summed E-state index contributed by atoms with van der Waals surface area (Å²) in [5.41, 5.74) is 2.05. The van der Waals surface area contributed by atoms with Crippen LogP contribution in [0.1, 0.15) is 56.2 Å². The number of rotatable bonds is 9. The molecule has 1 aromatic carbocycles. The molecule has 0 aliphatic heterocycles. The molecule has 1 aliphatic carbocycles. The van der Waals surface area contributed by atoms with Gasteiger partial charge in [0.1, 0.15) is 11.5 Å². The van der Waals surface area contributed by atoms with Crippen LogP contribution in [0, 0.1) is 0 Å². The largest absolute Gasteiger partial charge is 0.497 e. The number of amides is 1. The molecule has 0 radical (unpaired) electrons. The molecule has 2 aromatic rings. The van der Waals surface area contributed by atoms with E-state index in [4.69, 9.17) is 9.47 Å². The molecule has 0 spiro atoms. The zero-order valence-corrected chi connectivity index (χ0v) is 15.7. The molecule has 0 atom stereocenters. The number of nitrogens with zero attached hydrogens (tertiary/aromatic N) is 2. The third-order valence-electron chi connectivity index (χ3n) is 4.75. The molecule has 6 nitrogen and oxygen atoms in total. The van der Waals surface area contributed by atoms with Crippen LogP contribution >= 0.6 is 0 Å². The second-order valence-corrected chi connectivity index (χ2v) is 6.72. The Morgan fingerprint density at radius 1 is 1.27 bits per heavy atom. The summed E-state index contributed by atoms with van der Waals surface area (Å²) in [6.07, 6.45) is 4.75. The summed E-state index contributed by atoms with van der Waals surface area (Å²) < 4.78 is 10.8. The molecule has 1 heterocycles. The van der Waals surface area contributed by atoms with Gasteiger partial charge in [0.25, 0.3) is 0 Å². The van der Waals surface area contributed by atoms with Crippen LogP contribution < -0.4 is 14.4 Å². The first kappa shape index (κ1) is 18.3. The monoisotopic (exact) mass is 357 g/mol. The highest BCUT2D eigenvalue weighted by molar-refractivity contribution is 5.92. The number of hydrogen-bond acceptors (Lipinski definition) is 4. The average Bonchev–Trinajstić information content (AvgIpc) is 3.41. The van der Waals surface area contributed by atoms with Gasteiger partial charge in [-0.05, 0) is 31.4 Å². The normalized spacial score (nSPS) is 13.5. The lowest BCUT2D eigenvalue weighted by Gasteiger charge is -2.22. The number of anilines is 1. The summed E-state index contributed by atoms with van der Waals surface area (Å²) in [6.45, 7) is 2.51. The van der Waals surface area contributed by atoms with Crippen LogP contribution in [-0.2, 0) is 11.3 Å². The average molecular weight is 357 g/mol. The summed E-state index contributed by atoms with van der Waals surface area (Å²) in [5, 5.41) is 7.50. The maximum absolute atomic E-state index is 12.8. The number of carbonyl (C=O) groups is 1. The van der Waals surface area contributed by atoms with E-state index in [-0.39, 0.29) is 5.91 Å². The first-order valence-corrected chi connectivity index (χ1v) is 9.22. The van der Waals surface area contributed by atoms with Crippen LogP contribution in [-0.4, -0.2) is 30.3 Å². The second-order valence-electron chi connectivity index (χ2n) is 6.72. The topological polar surface area (TPSA) is 67.5 Å². The first-order chi connectivity index (χ1) is 12.7. The molecule has 0 bridgehead atoms. The maximum Gasteiger partial charge on any atom is 0.228 e. The fraction of sp³-hybridized carbons (Fsp3) is 0.500. The van der Waals surface area contributed by atoms with E-state index in [9.17, 15) is 4.79 Å². The smallest absolute Gasteiger partial charge is 0.228 e. The molecule has 1 aliphatic rings. The van der Waals surface area contributed by atoms with Gasteiger partial charge in [0.2, 0.25) is 5.91 Å². The van der Waals surface area contributed by atoms with Crippen molar-refractivity contribution in [3.63, 3.8) is 0 Å². The van der Waals surface area contributed by atoms with Crippen LogP contribution in [0.15, 0.2) is 24.3 Å². The Labute approximate surface area is 154 Å². The van der Waals surface area contributed by atoms with Crippen LogP contribution in [0.5, 0.6) is 11.5 Å². The van der Waals surface area contributed by atoms with Crippen molar-refractivity contribution in [2.45, 2.75) is 51.5 Å². The summed E-state index contributed by atoms with van der Waals surface area (Å²) in [4.78, 5) is 14.6. The number of H-pyrrole nitrogens is 1. The molecular formula is C20H27N3O3. The SMILES string of the molecule is CCCCC(=O)N(Cc1ccc(OC)cc1OC)c1cc(C2CC2)[nH]n1. The maximum atomic E-state index is 12.8. The molecule has 6 heteroatoms. The van der Waals surface area contributed by atoms with Crippen LogP contribution in [0.3, 0.4) is 0 Å². The summed E-state index contributed by atoms with van der Waals surface area (Å²) >= 11 is 0. The number of ether oxygens (including phenoxy) is 2. The lowest BCUT2D eigenvalue weighted by atomic mass is 10.1. The first-order valence-electron chi connectivity index (χ1n) is 9.22. The highest BCUT2D eigenvalue weighted by Crippen LogP contribution is 2.40. The number of carbonyl (C=O) groups excluding carboxylic acids is 1. The van der Waals surface area contributed by atoms with E-state index in [1.807, 2.05) is 24.3 Å². The van der Waals surface area contributed by atoms with E-state index in [0.29, 0.717) is 30.5 Å². The van der Waals surface area contributed by atoms with Crippen molar-refractivity contribution in [3.8, 4) is 11.5 Å². The Kier molecular flexibility index (Phi) is 5.81. The Morgan fingerprint density at radius 3 is 2.73 bits per heavy atom. The van der Waals surface area contributed by atoms with Crippen molar-refractivity contribution in [1.29, 1.82) is 0 Å². The van der Waals surface area contributed by atoms with Crippen LogP contribution in [0.4, 0.5) is 5.82 Å². The predicted molar refractivity (Wildman–Crippen MR) is 101 cm³/mol. The number of aromatic nitrogens is 2. The van der Waals surface area contributed by atoms with Gasteiger partial charge in [0, 0.05) is 35.7 Å². The predicted octanol–water partition coefficient (Wildman–Crippen LogP) is 4.03. The Morgan fingerprint density at radius 2 is 2.08 bits per heavy atom. The number of aromatic amines is 1. The van der Waals surface area contributed by atoms with Crippen LogP contribution in [0.2, 0.25) is 0 Å². The highest BCUT2D eigenvalue weighted by Gasteiger charge is 2.27. The molecule has 1 saturated carbocycles. The third-order valence-corrected chi connectivity index (χ3v) is 4.75. The molecule has 3 rings (SSSR count). The summed E-state index contributed by atoms with van der Waals surface area (Å²) in [6, 6.07) is 7.67. The Bertz CT molecular complexity index is 753. The van der Waals surface area contributed by atoms with Crippen molar-refractivity contribution in [2.24, 2.45) is 0 Å². The molecule has 1 aromatic heterocycles. The third kappa shape index (κ3) is 4.18. The highest BCUT2D eigenvalue weighted by atomic mass is 16.5. The van der Waals surface area contributed by atoms with E-state index in [2.05, 4.69) is 17.1 Å². The van der Waals surface area contributed by atoms with Crippen molar-refractivity contribution in [2.75, 3.05) is 19.1 Å². The van der Waals surface area contributed by atoms with Crippen LogP contribution in [0.25, 0.3) is 0 Å². The van der Waals surface area contributed by atoms with Gasteiger partial charge in [-0.3, -0.25) is 14.8 Å². The summed E-state index contributed by atoms with van der Waals surface area (Å²) in [5.74, 6) is 2.77. The molecular weight excluding hydrogens is 330 g/mol. The van der Waals surface area contributed by atoms with Crippen molar-refractivity contribution < 1.29 is 14.3 Å². The van der Waals surface area contributed by atoms with Gasteiger partial charge in [0.05, 0.1) is 20.8 Å². The van der Waals surface area contributed by atoms with Gasteiger partial charge in [-0.25, -0.2) is 0 Å². The Balaban J connectivity index is 1.86. The molecule has 140 valence electrons. The zero-order chi connectivity index (χ0) is 18.5. The number of hydrogen-bond donors (Lipinski definition) is 1. The van der Waals surface area contributed by atoms with Crippen molar-refractivity contribution in [3.05, 3.63) is 35.5 Å². The number of unbranched alkanes of at least 4 members (excludes halogenated alkanes) is 1.